The number of nitrogens with one attached hydrogen (secondary N) is 2. The molecule has 0 spiro atoms. The summed E-state index contributed by atoms with van der Waals surface area (Å²) in [4.78, 5) is 26.5. The maximum atomic E-state index is 11.8. The van der Waals surface area contributed by atoms with Gasteiger partial charge in [-0.3, -0.25) is 0 Å². The second kappa shape index (κ2) is 9.28. The third-order valence-electron chi connectivity index (χ3n) is 3.88. The van der Waals surface area contributed by atoms with E-state index >= 15 is 0 Å². The van der Waals surface area contributed by atoms with Crippen molar-refractivity contribution in [1.29, 1.82) is 0 Å². The Morgan fingerprint density at radius 1 is 1.07 bits per heavy atom. The van der Waals surface area contributed by atoms with Crippen LogP contribution in [-0.4, -0.2) is 30.2 Å². The number of hydrogen-bond acceptors (Lipinski definition) is 4. The molecule has 0 fully saturated rings. The molecular weight excluding hydrogens is 356 g/mol. The Balaban J connectivity index is 1.52. The summed E-state index contributed by atoms with van der Waals surface area (Å²) in [5.41, 5.74) is 2.89. The number of fused-ring (bicyclic) bond motifs is 1. The van der Waals surface area contributed by atoms with Gasteiger partial charge in [-0.25, -0.2) is 9.59 Å². The highest BCUT2D eigenvalue weighted by Crippen LogP contribution is 2.17. The molecule has 0 unspecified atom stereocenters. The molecule has 0 saturated carbocycles. The van der Waals surface area contributed by atoms with Crippen LogP contribution in [0.2, 0.25) is 0 Å². The Labute approximate surface area is 162 Å². The van der Waals surface area contributed by atoms with Gasteiger partial charge < -0.3 is 19.8 Å². The van der Waals surface area contributed by atoms with E-state index in [0.29, 0.717) is 12.3 Å². The quantitative estimate of drug-likeness (QED) is 0.526. The monoisotopic (exact) mass is 376 g/mol. The van der Waals surface area contributed by atoms with Crippen LogP contribution in [0.25, 0.3) is 10.9 Å². The van der Waals surface area contributed by atoms with Gasteiger partial charge in [0.2, 0.25) is 0 Å². The van der Waals surface area contributed by atoms with Crippen LogP contribution in [0, 0.1) is 11.8 Å². The summed E-state index contributed by atoms with van der Waals surface area (Å²) in [6.07, 6.45) is -0.517. The van der Waals surface area contributed by atoms with Crippen molar-refractivity contribution in [3.05, 3.63) is 71.4 Å². The zero-order chi connectivity index (χ0) is 19.8. The number of carbonyl (C=O) groups excluding carboxylic acids is 2. The number of ether oxygens (including phenoxy) is 2. The van der Waals surface area contributed by atoms with Crippen LogP contribution < -0.4 is 5.32 Å². The van der Waals surface area contributed by atoms with Gasteiger partial charge in [0.15, 0.2) is 0 Å². The van der Waals surface area contributed by atoms with E-state index in [1.807, 2.05) is 48.5 Å². The van der Waals surface area contributed by atoms with Gasteiger partial charge in [0, 0.05) is 16.5 Å². The van der Waals surface area contributed by atoms with E-state index in [1.165, 1.54) is 0 Å². The Kier molecular flexibility index (Phi) is 6.32. The van der Waals surface area contributed by atoms with Crippen LogP contribution in [0.5, 0.6) is 0 Å². The van der Waals surface area contributed by atoms with Crippen LogP contribution in [-0.2, 0) is 16.1 Å². The minimum absolute atomic E-state index is 0.171. The molecular formula is C22H20N2O4. The number of aromatic nitrogens is 1. The molecule has 6 nitrogen and oxygen atoms in total. The summed E-state index contributed by atoms with van der Waals surface area (Å²) in [6, 6.07) is 16.8. The third-order valence-corrected chi connectivity index (χ3v) is 3.88. The molecule has 3 aromatic rings. The van der Waals surface area contributed by atoms with Gasteiger partial charge in [-0.1, -0.05) is 48.2 Å². The Hall–Kier alpha value is -3.72. The van der Waals surface area contributed by atoms with Gasteiger partial charge in [-0.2, -0.15) is 0 Å². The van der Waals surface area contributed by atoms with E-state index in [0.717, 1.165) is 22.0 Å². The van der Waals surface area contributed by atoms with Crippen LogP contribution in [0.15, 0.2) is 54.6 Å². The number of benzene rings is 2. The number of carbonyl (C=O) groups is 2. The Bertz CT molecular complexity index is 1030. The van der Waals surface area contributed by atoms with Gasteiger partial charge in [0.1, 0.15) is 12.3 Å². The molecule has 0 bridgehead atoms. The van der Waals surface area contributed by atoms with E-state index in [1.54, 1.807) is 13.0 Å². The van der Waals surface area contributed by atoms with Crippen LogP contribution >= 0.6 is 0 Å². The van der Waals surface area contributed by atoms with E-state index < -0.39 is 6.09 Å². The standard InChI is InChI=1S/C22H20N2O4/c1-2-27-21(25)20-14-18-11-10-16(13-19(18)24-20)9-6-12-23-22(26)28-15-17-7-4-3-5-8-17/h3-5,7-8,10-11,13-14,24H,2,12,15H2,1H3,(H,23,26). The molecule has 0 saturated heterocycles. The van der Waals surface area contributed by atoms with Crippen molar-refractivity contribution in [2.45, 2.75) is 13.5 Å². The van der Waals surface area contributed by atoms with Crippen molar-refractivity contribution in [3.63, 3.8) is 0 Å². The summed E-state index contributed by atoms with van der Waals surface area (Å²) in [5.74, 6) is 5.47. The molecule has 0 aliphatic rings. The second-order valence-corrected chi connectivity index (χ2v) is 5.92. The summed E-state index contributed by atoms with van der Waals surface area (Å²) in [5, 5.41) is 3.49. The van der Waals surface area contributed by atoms with Crippen LogP contribution in [0.3, 0.4) is 0 Å². The number of H-pyrrole nitrogens is 1. The highest BCUT2D eigenvalue weighted by atomic mass is 16.5. The number of alkyl carbamates (subject to hydrolysis) is 1. The largest absolute Gasteiger partial charge is 0.461 e. The molecule has 2 N–H and O–H groups in total. The average molecular weight is 376 g/mol. The van der Waals surface area contributed by atoms with Crippen molar-refractivity contribution in [2.24, 2.45) is 0 Å². The lowest BCUT2D eigenvalue weighted by atomic mass is 10.1. The van der Waals surface area contributed by atoms with Crippen molar-refractivity contribution < 1.29 is 19.1 Å². The van der Waals surface area contributed by atoms with E-state index in [4.69, 9.17) is 9.47 Å². The normalized spacial score (nSPS) is 10.0. The van der Waals surface area contributed by atoms with E-state index in [2.05, 4.69) is 22.1 Å². The first-order chi connectivity index (χ1) is 13.7. The second-order valence-electron chi connectivity index (χ2n) is 5.92. The highest BCUT2D eigenvalue weighted by Gasteiger charge is 2.10. The molecule has 3 rings (SSSR count). The number of aromatic amines is 1. The fraction of sp³-hybridized carbons (Fsp3) is 0.182. The lowest BCUT2D eigenvalue weighted by Crippen LogP contribution is -2.24. The SMILES string of the molecule is CCOC(=O)c1cc2ccc(C#CCNC(=O)OCc3ccccc3)cc2[nH]1. The molecule has 2 aromatic carbocycles. The lowest BCUT2D eigenvalue weighted by Gasteiger charge is -2.04. The fourth-order valence-corrected chi connectivity index (χ4v) is 2.56. The summed E-state index contributed by atoms with van der Waals surface area (Å²) in [6.45, 7) is 2.47. The maximum absolute atomic E-state index is 11.8. The zero-order valence-corrected chi connectivity index (χ0v) is 15.5. The summed E-state index contributed by atoms with van der Waals surface area (Å²) >= 11 is 0. The van der Waals surface area contributed by atoms with Crippen LogP contribution in [0.4, 0.5) is 4.79 Å². The summed E-state index contributed by atoms with van der Waals surface area (Å²) in [7, 11) is 0. The Morgan fingerprint density at radius 3 is 2.68 bits per heavy atom. The molecule has 0 atom stereocenters. The van der Waals surface area contributed by atoms with Gasteiger partial charge in [0.25, 0.3) is 0 Å². The van der Waals surface area contributed by atoms with Crippen LogP contribution in [0.1, 0.15) is 28.5 Å². The lowest BCUT2D eigenvalue weighted by molar-refractivity contribution is 0.0520. The predicted molar refractivity (Wildman–Crippen MR) is 106 cm³/mol. The number of esters is 1. The molecule has 6 heteroatoms. The van der Waals surface area contributed by atoms with Crippen molar-refractivity contribution in [1.82, 2.24) is 10.3 Å². The molecule has 142 valence electrons. The number of amides is 1. The van der Waals surface area contributed by atoms with E-state index in [-0.39, 0.29) is 19.1 Å². The van der Waals surface area contributed by atoms with Crippen molar-refractivity contribution >= 4 is 23.0 Å². The van der Waals surface area contributed by atoms with Crippen molar-refractivity contribution in [2.75, 3.05) is 13.2 Å². The van der Waals surface area contributed by atoms with Gasteiger partial charge in [-0.15, -0.1) is 0 Å². The van der Waals surface area contributed by atoms with Gasteiger partial charge >= 0.3 is 12.1 Å². The topological polar surface area (TPSA) is 80.4 Å². The van der Waals surface area contributed by atoms with Gasteiger partial charge in [-0.05, 0) is 30.7 Å². The van der Waals surface area contributed by atoms with E-state index in [9.17, 15) is 9.59 Å². The number of rotatable bonds is 5. The van der Waals surface area contributed by atoms with Gasteiger partial charge in [0.05, 0.1) is 13.2 Å². The maximum Gasteiger partial charge on any atom is 0.408 e. The minimum atomic E-state index is -0.517. The summed E-state index contributed by atoms with van der Waals surface area (Å²) < 4.78 is 10.1. The molecule has 1 amide bonds. The smallest absolute Gasteiger partial charge is 0.408 e. The zero-order valence-electron chi connectivity index (χ0n) is 15.5. The Morgan fingerprint density at radius 2 is 1.89 bits per heavy atom. The first kappa shape index (κ1) is 19.1. The average Bonchev–Trinajstić information content (AvgIpc) is 3.14. The molecule has 28 heavy (non-hydrogen) atoms. The molecule has 0 radical (unpaired) electrons. The number of hydrogen-bond donors (Lipinski definition) is 2. The fourth-order valence-electron chi connectivity index (χ4n) is 2.56. The third kappa shape index (κ3) is 5.15. The molecule has 0 aliphatic carbocycles. The predicted octanol–water partition coefficient (Wildman–Crippen LogP) is 3.62. The first-order valence-electron chi connectivity index (χ1n) is 8.89. The molecule has 0 aliphatic heterocycles. The van der Waals surface area contributed by atoms with Crippen molar-refractivity contribution in [3.8, 4) is 11.8 Å². The molecule has 1 aromatic heterocycles. The minimum Gasteiger partial charge on any atom is -0.461 e. The first-order valence-corrected chi connectivity index (χ1v) is 8.89. The highest BCUT2D eigenvalue weighted by molar-refractivity contribution is 5.95. The molecule has 1 heterocycles.